The fourth-order valence-electron chi connectivity index (χ4n) is 2.05. The summed E-state index contributed by atoms with van der Waals surface area (Å²) in [7, 11) is -1.48. The highest BCUT2D eigenvalue weighted by molar-refractivity contribution is 6.44. The van der Waals surface area contributed by atoms with Crippen LogP contribution in [0.2, 0.25) is 6.04 Å². The van der Waals surface area contributed by atoms with Crippen LogP contribution in [-0.2, 0) is 15.3 Å². The SMILES string of the molecule is CCCO[SiH](CCCCc1cccc(F)c1)OCCC. The number of halogens is 1. The molecule has 0 spiro atoms. The molecule has 0 aliphatic rings. The lowest BCUT2D eigenvalue weighted by molar-refractivity contribution is 0.195. The topological polar surface area (TPSA) is 18.5 Å². The summed E-state index contributed by atoms with van der Waals surface area (Å²) in [6.45, 7) is 5.86. The van der Waals surface area contributed by atoms with Crippen molar-refractivity contribution < 1.29 is 13.2 Å². The Labute approximate surface area is 124 Å². The molecule has 0 aliphatic carbocycles. The van der Waals surface area contributed by atoms with E-state index in [2.05, 4.69) is 13.8 Å². The van der Waals surface area contributed by atoms with Crippen molar-refractivity contribution in [1.82, 2.24) is 0 Å². The molecule has 0 saturated carbocycles. The molecule has 0 unspecified atom stereocenters. The summed E-state index contributed by atoms with van der Waals surface area (Å²) < 4.78 is 24.7. The fourth-order valence-corrected chi connectivity index (χ4v) is 4.09. The zero-order valence-electron chi connectivity index (χ0n) is 12.7. The van der Waals surface area contributed by atoms with E-state index in [9.17, 15) is 4.39 Å². The minimum Gasteiger partial charge on any atom is -0.397 e. The molecule has 0 heterocycles. The Balaban J connectivity index is 2.21. The summed E-state index contributed by atoms with van der Waals surface area (Å²) in [5.74, 6) is -0.146. The molecule has 4 heteroatoms. The maximum absolute atomic E-state index is 13.1. The minimum atomic E-state index is -1.48. The molecular weight excluding hydrogens is 271 g/mol. The largest absolute Gasteiger partial charge is 0.397 e. The summed E-state index contributed by atoms with van der Waals surface area (Å²) in [5.41, 5.74) is 1.08. The zero-order valence-corrected chi connectivity index (χ0v) is 13.9. The van der Waals surface area contributed by atoms with Gasteiger partial charge in [0.15, 0.2) is 0 Å². The maximum atomic E-state index is 13.1. The van der Waals surface area contributed by atoms with Crippen molar-refractivity contribution >= 4 is 9.28 Å². The number of hydrogen-bond acceptors (Lipinski definition) is 2. The van der Waals surface area contributed by atoms with E-state index in [1.54, 1.807) is 12.1 Å². The van der Waals surface area contributed by atoms with Crippen molar-refractivity contribution in [3.63, 3.8) is 0 Å². The highest BCUT2D eigenvalue weighted by atomic mass is 28.3. The van der Waals surface area contributed by atoms with E-state index in [0.29, 0.717) is 0 Å². The van der Waals surface area contributed by atoms with Gasteiger partial charge < -0.3 is 8.85 Å². The van der Waals surface area contributed by atoms with Gasteiger partial charge in [0.25, 0.3) is 0 Å². The smallest absolute Gasteiger partial charge is 0.321 e. The number of aryl methyl sites for hydroxylation is 1. The molecule has 0 aromatic heterocycles. The van der Waals surface area contributed by atoms with Gasteiger partial charge in [0.05, 0.1) is 0 Å². The summed E-state index contributed by atoms with van der Waals surface area (Å²) in [5, 5.41) is 0. The van der Waals surface area contributed by atoms with Crippen molar-refractivity contribution in [3.8, 4) is 0 Å². The monoisotopic (exact) mass is 298 g/mol. The third kappa shape index (κ3) is 7.77. The van der Waals surface area contributed by atoms with Gasteiger partial charge in [-0.2, -0.15) is 0 Å². The lowest BCUT2D eigenvalue weighted by Gasteiger charge is -2.16. The molecule has 0 bridgehead atoms. The number of hydrogen-bond donors (Lipinski definition) is 0. The Morgan fingerprint density at radius 2 is 1.75 bits per heavy atom. The van der Waals surface area contributed by atoms with Gasteiger partial charge in [-0.05, 0) is 49.4 Å². The molecule has 114 valence electrons. The molecule has 0 aliphatic heterocycles. The summed E-state index contributed by atoms with van der Waals surface area (Å²) in [4.78, 5) is 0. The van der Waals surface area contributed by atoms with Crippen LogP contribution >= 0.6 is 0 Å². The second-order valence-electron chi connectivity index (χ2n) is 5.05. The summed E-state index contributed by atoms with van der Waals surface area (Å²) in [6.07, 6.45) is 5.18. The lowest BCUT2D eigenvalue weighted by atomic mass is 10.1. The van der Waals surface area contributed by atoms with Gasteiger partial charge >= 0.3 is 9.28 Å². The first-order valence-corrected chi connectivity index (χ1v) is 9.49. The second kappa shape index (κ2) is 11.0. The zero-order chi connectivity index (χ0) is 14.6. The van der Waals surface area contributed by atoms with E-state index in [1.165, 1.54) is 6.07 Å². The molecule has 0 N–H and O–H groups in total. The number of unbranched alkanes of at least 4 members (excludes halogenated alkanes) is 1. The average Bonchev–Trinajstić information content (AvgIpc) is 2.45. The fraction of sp³-hybridized carbons (Fsp3) is 0.625. The molecule has 0 radical (unpaired) electrons. The first kappa shape index (κ1) is 17.3. The van der Waals surface area contributed by atoms with Crippen LogP contribution in [0.15, 0.2) is 24.3 Å². The van der Waals surface area contributed by atoms with Crippen LogP contribution in [-0.4, -0.2) is 22.5 Å². The predicted molar refractivity (Wildman–Crippen MR) is 83.8 cm³/mol. The van der Waals surface area contributed by atoms with Crippen LogP contribution in [0.4, 0.5) is 4.39 Å². The molecule has 0 fully saturated rings. The Hall–Kier alpha value is -0.713. The molecule has 2 nitrogen and oxygen atoms in total. The van der Waals surface area contributed by atoms with Crippen LogP contribution in [0.1, 0.15) is 45.1 Å². The highest BCUT2D eigenvalue weighted by Crippen LogP contribution is 2.11. The van der Waals surface area contributed by atoms with Gasteiger partial charge in [-0.25, -0.2) is 4.39 Å². The van der Waals surface area contributed by atoms with Crippen LogP contribution in [0.5, 0.6) is 0 Å². The molecular formula is C16H27FO2Si. The van der Waals surface area contributed by atoms with E-state index in [0.717, 1.165) is 56.9 Å². The highest BCUT2D eigenvalue weighted by Gasteiger charge is 2.12. The lowest BCUT2D eigenvalue weighted by Crippen LogP contribution is -2.23. The average molecular weight is 298 g/mol. The first-order chi connectivity index (χ1) is 9.76. The van der Waals surface area contributed by atoms with Gasteiger partial charge in [-0.3, -0.25) is 0 Å². The van der Waals surface area contributed by atoms with Crippen molar-refractivity contribution in [2.45, 2.75) is 52.0 Å². The van der Waals surface area contributed by atoms with E-state index < -0.39 is 9.28 Å². The van der Waals surface area contributed by atoms with E-state index in [-0.39, 0.29) is 5.82 Å². The molecule has 0 amide bonds. The van der Waals surface area contributed by atoms with Gasteiger partial charge in [0.1, 0.15) is 5.82 Å². The summed E-state index contributed by atoms with van der Waals surface area (Å²) >= 11 is 0. The minimum absolute atomic E-state index is 0.146. The summed E-state index contributed by atoms with van der Waals surface area (Å²) in [6, 6.07) is 7.92. The van der Waals surface area contributed by atoms with E-state index in [1.807, 2.05) is 6.07 Å². The molecule has 1 rings (SSSR count). The Kier molecular flexibility index (Phi) is 9.54. The Morgan fingerprint density at radius 3 is 2.35 bits per heavy atom. The number of benzene rings is 1. The van der Waals surface area contributed by atoms with Crippen LogP contribution < -0.4 is 0 Å². The molecule has 20 heavy (non-hydrogen) atoms. The Morgan fingerprint density at radius 1 is 1.05 bits per heavy atom. The van der Waals surface area contributed by atoms with E-state index in [4.69, 9.17) is 8.85 Å². The standard InChI is InChI=1S/C16H27FO2Si/c1-3-11-18-20(19-12-4-2)13-6-5-8-15-9-7-10-16(17)14-15/h7,9-10,14,20H,3-6,8,11-13H2,1-2H3. The van der Waals surface area contributed by atoms with Gasteiger partial charge in [0.2, 0.25) is 0 Å². The van der Waals surface area contributed by atoms with E-state index >= 15 is 0 Å². The van der Waals surface area contributed by atoms with Crippen LogP contribution in [0, 0.1) is 5.82 Å². The molecule has 1 aromatic rings. The molecule has 1 aromatic carbocycles. The van der Waals surface area contributed by atoms with Crippen molar-refractivity contribution in [2.75, 3.05) is 13.2 Å². The maximum Gasteiger partial charge on any atom is 0.321 e. The molecule has 0 saturated heterocycles. The normalized spacial score (nSPS) is 11.2. The predicted octanol–water partition coefficient (Wildman–Crippen LogP) is 4.22. The van der Waals surface area contributed by atoms with Crippen LogP contribution in [0.25, 0.3) is 0 Å². The quantitative estimate of drug-likeness (QED) is 0.450. The van der Waals surface area contributed by atoms with Crippen molar-refractivity contribution in [2.24, 2.45) is 0 Å². The van der Waals surface area contributed by atoms with Gasteiger partial charge in [-0.15, -0.1) is 0 Å². The Bertz CT molecular complexity index is 352. The number of rotatable bonds is 11. The van der Waals surface area contributed by atoms with Crippen molar-refractivity contribution in [1.29, 1.82) is 0 Å². The van der Waals surface area contributed by atoms with Gasteiger partial charge in [-0.1, -0.05) is 32.4 Å². The second-order valence-corrected chi connectivity index (χ2v) is 7.15. The van der Waals surface area contributed by atoms with Crippen molar-refractivity contribution in [3.05, 3.63) is 35.6 Å². The van der Waals surface area contributed by atoms with Crippen LogP contribution in [0.3, 0.4) is 0 Å². The van der Waals surface area contributed by atoms with Gasteiger partial charge in [0, 0.05) is 13.2 Å². The first-order valence-electron chi connectivity index (χ1n) is 7.74. The third-order valence-corrected chi connectivity index (χ3v) is 5.15. The molecule has 0 atom stereocenters. The third-order valence-electron chi connectivity index (χ3n) is 3.06.